The Labute approximate surface area is 113 Å². The number of nitrogens with one attached hydrogen (secondary N) is 1. The monoisotopic (exact) mass is 260 g/mol. The van der Waals surface area contributed by atoms with Gasteiger partial charge in [0.15, 0.2) is 11.6 Å². The Morgan fingerprint density at radius 3 is 2.37 bits per heavy atom. The zero-order chi connectivity index (χ0) is 12.9. The molecule has 4 aliphatic carbocycles. The predicted molar refractivity (Wildman–Crippen MR) is 73.3 cm³/mol. The largest absolute Gasteiger partial charge is 0.367 e. The van der Waals surface area contributed by atoms with Crippen molar-refractivity contribution in [3.8, 4) is 0 Å². The van der Waals surface area contributed by atoms with E-state index < -0.39 is 0 Å². The second kappa shape index (κ2) is 4.19. The zero-order valence-electron chi connectivity index (χ0n) is 11.2. The molecule has 0 aromatic carbocycles. The van der Waals surface area contributed by atoms with Crippen molar-refractivity contribution in [3.05, 3.63) is 24.1 Å². The molecule has 102 valence electrons. The van der Waals surface area contributed by atoms with Crippen LogP contribution in [0.15, 0.2) is 18.3 Å². The van der Waals surface area contributed by atoms with Crippen molar-refractivity contribution in [2.75, 3.05) is 11.9 Å². The van der Waals surface area contributed by atoms with Crippen LogP contribution in [0.5, 0.6) is 0 Å². The third-order valence-corrected chi connectivity index (χ3v) is 5.55. The minimum atomic E-state index is -0.229. The molecule has 4 bridgehead atoms. The Morgan fingerprint density at radius 2 is 1.79 bits per heavy atom. The van der Waals surface area contributed by atoms with E-state index in [1.807, 2.05) is 0 Å². The van der Waals surface area contributed by atoms with Gasteiger partial charge in [-0.3, -0.25) is 0 Å². The van der Waals surface area contributed by atoms with Crippen LogP contribution >= 0.6 is 0 Å². The maximum Gasteiger partial charge on any atom is 0.165 e. The SMILES string of the molecule is Fc1cccnc1NCC12CC3CC(CC(C3)C1)C2. The molecule has 1 heterocycles. The van der Waals surface area contributed by atoms with Crippen LogP contribution in [-0.2, 0) is 0 Å². The summed E-state index contributed by atoms with van der Waals surface area (Å²) in [4.78, 5) is 4.11. The maximum atomic E-state index is 13.6. The van der Waals surface area contributed by atoms with E-state index in [0.717, 1.165) is 24.3 Å². The lowest BCUT2D eigenvalue weighted by Crippen LogP contribution is -2.49. The smallest absolute Gasteiger partial charge is 0.165 e. The molecule has 19 heavy (non-hydrogen) atoms. The van der Waals surface area contributed by atoms with Crippen LogP contribution in [0.1, 0.15) is 38.5 Å². The van der Waals surface area contributed by atoms with Crippen molar-refractivity contribution in [1.82, 2.24) is 4.98 Å². The average Bonchev–Trinajstić information content (AvgIpc) is 2.36. The van der Waals surface area contributed by atoms with E-state index >= 15 is 0 Å². The van der Waals surface area contributed by atoms with Crippen molar-refractivity contribution in [1.29, 1.82) is 0 Å². The van der Waals surface area contributed by atoms with Crippen molar-refractivity contribution >= 4 is 5.82 Å². The molecule has 0 atom stereocenters. The van der Waals surface area contributed by atoms with E-state index in [9.17, 15) is 4.39 Å². The van der Waals surface area contributed by atoms with Crippen LogP contribution in [0.25, 0.3) is 0 Å². The van der Waals surface area contributed by atoms with Gasteiger partial charge in [-0.25, -0.2) is 9.37 Å². The van der Waals surface area contributed by atoms with E-state index in [4.69, 9.17) is 0 Å². The first-order chi connectivity index (χ1) is 9.22. The lowest BCUT2D eigenvalue weighted by atomic mass is 9.49. The number of hydrogen-bond donors (Lipinski definition) is 1. The molecule has 1 N–H and O–H groups in total. The first kappa shape index (κ1) is 11.7. The van der Waals surface area contributed by atoms with E-state index in [1.54, 1.807) is 12.3 Å². The molecule has 5 rings (SSSR count). The molecular weight excluding hydrogens is 239 g/mol. The van der Waals surface area contributed by atoms with Gasteiger partial charge in [-0.1, -0.05) is 0 Å². The van der Waals surface area contributed by atoms with Crippen LogP contribution in [0.2, 0.25) is 0 Å². The van der Waals surface area contributed by atoms with Crippen LogP contribution in [-0.4, -0.2) is 11.5 Å². The van der Waals surface area contributed by atoms with Gasteiger partial charge in [0.1, 0.15) is 0 Å². The summed E-state index contributed by atoms with van der Waals surface area (Å²) in [6.45, 7) is 0.907. The van der Waals surface area contributed by atoms with Gasteiger partial charge in [0.25, 0.3) is 0 Å². The fourth-order valence-electron chi connectivity index (χ4n) is 5.29. The summed E-state index contributed by atoms with van der Waals surface area (Å²) >= 11 is 0. The normalized spacial score (nSPS) is 39.5. The van der Waals surface area contributed by atoms with Gasteiger partial charge in [0.05, 0.1) is 0 Å². The zero-order valence-corrected chi connectivity index (χ0v) is 11.2. The van der Waals surface area contributed by atoms with Crippen molar-refractivity contribution in [2.45, 2.75) is 38.5 Å². The number of halogens is 1. The van der Waals surface area contributed by atoms with Gasteiger partial charge < -0.3 is 5.32 Å². The summed E-state index contributed by atoms with van der Waals surface area (Å²) < 4.78 is 13.6. The summed E-state index contributed by atoms with van der Waals surface area (Å²) in [5.41, 5.74) is 0.429. The average molecular weight is 260 g/mol. The molecule has 4 saturated carbocycles. The lowest BCUT2D eigenvalue weighted by Gasteiger charge is -2.57. The number of pyridine rings is 1. The first-order valence-electron chi connectivity index (χ1n) is 7.57. The maximum absolute atomic E-state index is 13.6. The fourth-order valence-corrected chi connectivity index (χ4v) is 5.29. The van der Waals surface area contributed by atoms with Crippen LogP contribution in [0, 0.1) is 29.0 Å². The summed E-state index contributed by atoms with van der Waals surface area (Å²) in [6, 6.07) is 3.13. The number of nitrogens with zero attached hydrogens (tertiary/aromatic N) is 1. The highest BCUT2D eigenvalue weighted by Crippen LogP contribution is 2.59. The highest BCUT2D eigenvalue weighted by Gasteiger charge is 2.50. The Bertz CT molecular complexity index is 450. The van der Waals surface area contributed by atoms with Gasteiger partial charge >= 0.3 is 0 Å². The molecule has 2 nitrogen and oxygen atoms in total. The van der Waals surface area contributed by atoms with Crippen LogP contribution in [0.4, 0.5) is 10.2 Å². The van der Waals surface area contributed by atoms with E-state index in [-0.39, 0.29) is 5.82 Å². The summed E-state index contributed by atoms with van der Waals surface area (Å²) in [5.74, 6) is 3.04. The quantitative estimate of drug-likeness (QED) is 0.893. The first-order valence-corrected chi connectivity index (χ1v) is 7.57. The Hall–Kier alpha value is -1.12. The summed E-state index contributed by atoms with van der Waals surface area (Å²) in [5, 5.41) is 3.28. The van der Waals surface area contributed by atoms with E-state index in [1.165, 1.54) is 44.6 Å². The van der Waals surface area contributed by atoms with E-state index in [2.05, 4.69) is 10.3 Å². The lowest BCUT2D eigenvalue weighted by molar-refractivity contribution is -0.0445. The Morgan fingerprint density at radius 1 is 1.16 bits per heavy atom. The summed E-state index contributed by atoms with van der Waals surface area (Å²) in [6.07, 6.45) is 10.1. The molecule has 4 aliphatic rings. The van der Waals surface area contributed by atoms with Gasteiger partial charge in [0, 0.05) is 12.7 Å². The number of anilines is 1. The molecular formula is C16H21FN2. The van der Waals surface area contributed by atoms with Gasteiger partial charge in [-0.05, 0) is 73.8 Å². The molecule has 0 aliphatic heterocycles. The second-order valence-electron chi connectivity index (χ2n) is 7.10. The number of hydrogen-bond acceptors (Lipinski definition) is 2. The Balaban J connectivity index is 1.49. The number of rotatable bonds is 3. The Kier molecular flexibility index (Phi) is 2.58. The highest BCUT2D eigenvalue weighted by atomic mass is 19.1. The summed E-state index contributed by atoms with van der Waals surface area (Å²) in [7, 11) is 0. The minimum absolute atomic E-state index is 0.229. The molecule has 3 heteroatoms. The van der Waals surface area contributed by atoms with Gasteiger partial charge in [-0.2, -0.15) is 0 Å². The highest BCUT2D eigenvalue weighted by molar-refractivity contribution is 5.36. The molecule has 0 spiro atoms. The minimum Gasteiger partial charge on any atom is -0.367 e. The van der Waals surface area contributed by atoms with E-state index in [0.29, 0.717) is 11.2 Å². The molecule has 0 amide bonds. The molecule has 0 saturated heterocycles. The standard InChI is InChI=1S/C16H21FN2/c17-14-2-1-3-18-15(14)19-10-16-7-11-4-12(8-16)6-13(5-11)9-16/h1-3,11-13H,4-10H2,(H,18,19). The molecule has 1 aromatic heterocycles. The van der Waals surface area contributed by atoms with Crippen molar-refractivity contribution in [3.63, 3.8) is 0 Å². The molecule has 0 radical (unpaired) electrons. The van der Waals surface area contributed by atoms with Crippen LogP contribution in [0.3, 0.4) is 0 Å². The molecule has 1 aromatic rings. The predicted octanol–water partition coefficient (Wildman–Crippen LogP) is 3.85. The van der Waals surface area contributed by atoms with Crippen molar-refractivity contribution in [2.24, 2.45) is 23.2 Å². The third-order valence-electron chi connectivity index (χ3n) is 5.55. The van der Waals surface area contributed by atoms with Crippen LogP contribution < -0.4 is 5.32 Å². The second-order valence-corrected chi connectivity index (χ2v) is 7.10. The molecule has 4 fully saturated rings. The van der Waals surface area contributed by atoms with Gasteiger partial charge in [-0.15, -0.1) is 0 Å². The third kappa shape index (κ3) is 2.03. The molecule has 0 unspecified atom stereocenters. The van der Waals surface area contributed by atoms with Crippen molar-refractivity contribution < 1.29 is 4.39 Å². The topological polar surface area (TPSA) is 24.9 Å². The number of aromatic nitrogens is 1. The van der Waals surface area contributed by atoms with Gasteiger partial charge in [0.2, 0.25) is 0 Å². The fraction of sp³-hybridized carbons (Fsp3) is 0.688.